The second-order valence-corrected chi connectivity index (χ2v) is 5.22. The van der Waals surface area contributed by atoms with Crippen molar-refractivity contribution in [1.29, 1.82) is 0 Å². The summed E-state index contributed by atoms with van der Waals surface area (Å²) in [6.07, 6.45) is 0.945. The molecule has 0 radical (unpaired) electrons. The molecule has 0 heterocycles. The number of hydroxylamine groups is 1. The van der Waals surface area contributed by atoms with Crippen LogP contribution in [0.15, 0.2) is 59.5 Å². The lowest BCUT2D eigenvalue weighted by atomic mass is 10.1. The molecule has 0 spiro atoms. The summed E-state index contributed by atoms with van der Waals surface area (Å²) in [6.45, 7) is 0. The van der Waals surface area contributed by atoms with E-state index in [9.17, 15) is 4.79 Å². The molecule has 2 N–H and O–H groups in total. The predicted molar refractivity (Wildman–Crippen MR) is 76.6 cm³/mol. The van der Waals surface area contributed by atoms with E-state index < -0.39 is 5.91 Å². The first-order chi connectivity index (χ1) is 9.29. The second kappa shape index (κ2) is 6.97. The highest BCUT2D eigenvalue weighted by Gasteiger charge is 2.03. The third-order valence-corrected chi connectivity index (χ3v) is 3.73. The van der Waals surface area contributed by atoms with Crippen molar-refractivity contribution in [3.05, 3.63) is 65.7 Å². The lowest BCUT2D eigenvalue weighted by molar-refractivity contribution is 0.0706. The Morgan fingerprint density at radius 1 is 1.05 bits per heavy atom. The Balaban J connectivity index is 1.85. The molecule has 2 aromatic rings. The van der Waals surface area contributed by atoms with E-state index in [4.69, 9.17) is 5.21 Å². The monoisotopic (exact) mass is 273 g/mol. The van der Waals surface area contributed by atoms with E-state index in [1.54, 1.807) is 17.6 Å². The van der Waals surface area contributed by atoms with Crippen molar-refractivity contribution >= 4 is 17.7 Å². The Kier molecular flexibility index (Phi) is 5.01. The standard InChI is InChI=1S/C15H15NO2S/c17-15(16-18)13-8-6-12(7-9-13)10-11-19-14-4-2-1-3-5-14/h1-9,18H,10-11H2,(H,16,17). The molecular weight excluding hydrogens is 258 g/mol. The maximum Gasteiger partial charge on any atom is 0.274 e. The number of thioether (sulfide) groups is 1. The molecule has 0 atom stereocenters. The summed E-state index contributed by atoms with van der Waals surface area (Å²) in [5, 5.41) is 8.52. The number of hydrogen-bond donors (Lipinski definition) is 2. The molecule has 2 rings (SSSR count). The second-order valence-electron chi connectivity index (χ2n) is 4.05. The normalized spacial score (nSPS) is 10.2. The zero-order valence-electron chi connectivity index (χ0n) is 10.4. The minimum atomic E-state index is -0.481. The van der Waals surface area contributed by atoms with Crippen molar-refractivity contribution in [1.82, 2.24) is 5.48 Å². The molecule has 0 fully saturated rings. The Labute approximate surface area is 116 Å². The smallest absolute Gasteiger partial charge is 0.274 e. The molecule has 0 aliphatic rings. The van der Waals surface area contributed by atoms with Crippen LogP contribution in [-0.2, 0) is 6.42 Å². The van der Waals surface area contributed by atoms with Gasteiger partial charge >= 0.3 is 0 Å². The van der Waals surface area contributed by atoms with Gasteiger partial charge in [-0.15, -0.1) is 11.8 Å². The highest BCUT2D eigenvalue weighted by molar-refractivity contribution is 7.99. The molecule has 0 unspecified atom stereocenters. The predicted octanol–water partition coefficient (Wildman–Crippen LogP) is 3.14. The largest absolute Gasteiger partial charge is 0.288 e. The average Bonchev–Trinajstić information content (AvgIpc) is 2.48. The lowest BCUT2D eigenvalue weighted by Crippen LogP contribution is -2.18. The van der Waals surface area contributed by atoms with E-state index in [1.807, 2.05) is 42.1 Å². The van der Waals surface area contributed by atoms with Crippen LogP contribution >= 0.6 is 11.8 Å². The fraction of sp³-hybridized carbons (Fsp3) is 0.133. The number of hydrogen-bond acceptors (Lipinski definition) is 3. The van der Waals surface area contributed by atoms with Crippen LogP contribution in [0.2, 0.25) is 0 Å². The number of carbonyl (C=O) groups excluding carboxylic acids is 1. The van der Waals surface area contributed by atoms with Gasteiger partial charge in [0.1, 0.15) is 0 Å². The van der Waals surface area contributed by atoms with Gasteiger partial charge in [0.05, 0.1) is 0 Å². The Morgan fingerprint density at radius 2 is 1.74 bits per heavy atom. The lowest BCUT2D eigenvalue weighted by Gasteiger charge is -2.03. The van der Waals surface area contributed by atoms with E-state index in [2.05, 4.69) is 12.1 Å². The molecule has 0 saturated carbocycles. The average molecular weight is 273 g/mol. The van der Waals surface area contributed by atoms with Gasteiger partial charge in [0, 0.05) is 16.2 Å². The van der Waals surface area contributed by atoms with Crippen molar-refractivity contribution in [2.24, 2.45) is 0 Å². The Hall–Kier alpha value is -1.78. The molecule has 3 nitrogen and oxygen atoms in total. The Bertz CT molecular complexity index is 526. The molecule has 2 aromatic carbocycles. The van der Waals surface area contributed by atoms with Crippen LogP contribution in [0.3, 0.4) is 0 Å². The molecular formula is C15H15NO2S. The summed E-state index contributed by atoms with van der Waals surface area (Å²) in [5.74, 6) is 0.514. The molecule has 1 amide bonds. The highest BCUT2D eigenvalue weighted by Crippen LogP contribution is 2.18. The van der Waals surface area contributed by atoms with Gasteiger partial charge in [-0.2, -0.15) is 0 Å². The van der Waals surface area contributed by atoms with Gasteiger partial charge in [-0.1, -0.05) is 30.3 Å². The molecule has 0 bridgehead atoms. The third kappa shape index (κ3) is 4.12. The molecule has 0 saturated heterocycles. The van der Waals surface area contributed by atoms with Crippen molar-refractivity contribution in [2.75, 3.05) is 5.75 Å². The van der Waals surface area contributed by atoms with Crippen molar-refractivity contribution < 1.29 is 10.0 Å². The SMILES string of the molecule is O=C(NO)c1ccc(CCSc2ccccc2)cc1. The van der Waals surface area contributed by atoms with E-state index in [-0.39, 0.29) is 0 Å². The van der Waals surface area contributed by atoms with Gasteiger partial charge in [0.2, 0.25) is 0 Å². The fourth-order valence-electron chi connectivity index (χ4n) is 1.69. The summed E-state index contributed by atoms with van der Waals surface area (Å²) >= 11 is 1.81. The quantitative estimate of drug-likeness (QED) is 0.500. The van der Waals surface area contributed by atoms with Gasteiger partial charge in [-0.3, -0.25) is 10.0 Å². The van der Waals surface area contributed by atoms with Crippen molar-refractivity contribution in [3.63, 3.8) is 0 Å². The minimum absolute atomic E-state index is 0.460. The molecule has 0 aliphatic carbocycles. The zero-order chi connectivity index (χ0) is 13.5. The van der Waals surface area contributed by atoms with E-state index in [1.165, 1.54) is 10.5 Å². The maximum atomic E-state index is 11.2. The molecule has 19 heavy (non-hydrogen) atoms. The number of nitrogens with one attached hydrogen (secondary N) is 1. The van der Waals surface area contributed by atoms with Gasteiger partial charge in [0.15, 0.2) is 0 Å². The van der Waals surface area contributed by atoms with E-state index in [0.29, 0.717) is 5.56 Å². The number of aryl methyl sites for hydroxylation is 1. The van der Waals surface area contributed by atoms with Crippen LogP contribution < -0.4 is 5.48 Å². The van der Waals surface area contributed by atoms with E-state index in [0.717, 1.165) is 12.2 Å². The van der Waals surface area contributed by atoms with Crippen LogP contribution in [0.4, 0.5) is 0 Å². The van der Waals surface area contributed by atoms with Gasteiger partial charge in [-0.05, 0) is 36.2 Å². The molecule has 0 aromatic heterocycles. The first-order valence-electron chi connectivity index (χ1n) is 6.01. The highest BCUT2D eigenvalue weighted by atomic mass is 32.2. The van der Waals surface area contributed by atoms with Gasteiger partial charge < -0.3 is 0 Å². The number of rotatable bonds is 5. The Morgan fingerprint density at radius 3 is 2.37 bits per heavy atom. The summed E-state index contributed by atoms with van der Waals surface area (Å²) in [5.41, 5.74) is 3.26. The first kappa shape index (κ1) is 13.6. The first-order valence-corrected chi connectivity index (χ1v) is 6.99. The zero-order valence-corrected chi connectivity index (χ0v) is 11.2. The van der Waals surface area contributed by atoms with Crippen LogP contribution in [0, 0.1) is 0 Å². The molecule has 4 heteroatoms. The number of carbonyl (C=O) groups is 1. The maximum absolute atomic E-state index is 11.2. The van der Waals surface area contributed by atoms with Crippen LogP contribution in [0.25, 0.3) is 0 Å². The summed E-state index contributed by atoms with van der Waals surface area (Å²) in [7, 11) is 0. The van der Waals surface area contributed by atoms with E-state index >= 15 is 0 Å². The van der Waals surface area contributed by atoms with Crippen LogP contribution in [0.5, 0.6) is 0 Å². The van der Waals surface area contributed by atoms with Gasteiger partial charge in [0.25, 0.3) is 5.91 Å². The topological polar surface area (TPSA) is 49.3 Å². The van der Waals surface area contributed by atoms with Crippen LogP contribution in [-0.4, -0.2) is 16.9 Å². The van der Waals surface area contributed by atoms with Crippen molar-refractivity contribution in [3.8, 4) is 0 Å². The van der Waals surface area contributed by atoms with Crippen LogP contribution in [0.1, 0.15) is 15.9 Å². The number of benzene rings is 2. The minimum Gasteiger partial charge on any atom is -0.288 e. The summed E-state index contributed by atoms with van der Waals surface area (Å²) in [4.78, 5) is 12.4. The molecule has 0 aliphatic heterocycles. The fourth-order valence-corrected chi connectivity index (χ4v) is 2.61. The third-order valence-electron chi connectivity index (χ3n) is 2.72. The summed E-state index contributed by atoms with van der Waals surface area (Å²) in [6, 6.07) is 17.5. The number of amides is 1. The summed E-state index contributed by atoms with van der Waals surface area (Å²) < 4.78 is 0. The van der Waals surface area contributed by atoms with Gasteiger partial charge in [-0.25, -0.2) is 5.48 Å². The van der Waals surface area contributed by atoms with Crippen molar-refractivity contribution in [2.45, 2.75) is 11.3 Å². The molecule has 98 valence electrons.